The number of hydrogen-bond acceptors (Lipinski definition) is 4. The van der Waals surface area contributed by atoms with Crippen LogP contribution in [0.5, 0.6) is 0 Å². The van der Waals surface area contributed by atoms with Gasteiger partial charge < -0.3 is 5.11 Å². The summed E-state index contributed by atoms with van der Waals surface area (Å²) in [4.78, 5) is 2.07. The van der Waals surface area contributed by atoms with E-state index >= 15 is 0 Å². The summed E-state index contributed by atoms with van der Waals surface area (Å²) in [7, 11) is 0. The van der Waals surface area contributed by atoms with Gasteiger partial charge in [0.1, 0.15) is 0 Å². The summed E-state index contributed by atoms with van der Waals surface area (Å²) in [5.41, 5.74) is 4.80. The Morgan fingerprint density at radius 3 is 1.62 bits per heavy atom. The Kier molecular flexibility index (Phi) is 12.8. The molecule has 4 aromatic rings. The van der Waals surface area contributed by atoms with Gasteiger partial charge in [0, 0.05) is 44.5 Å². The topological polar surface area (TPSA) is 44.0 Å². The van der Waals surface area contributed by atoms with Crippen molar-refractivity contribution in [1.82, 2.24) is 0 Å². The largest absolute Gasteiger partial charge is 0.391 e. The number of aryl methyl sites for hydroxylation is 2. The van der Waals surface area contributed by atoms with Crippen LogP contribution in [0.3, 0.4) is 0 Å². The molecular formula is C33H31NOS2. The molecule has 0 fully saturated rings. The third kappa shape index (κ3) is 11.3. The highest BCUT2D eigenvalue weighted by Crippen LogP contribution is 2.15. The van der Waals surface area contributed by atoms with Gasteiger partial charge in [-0.1, -0.05) is 84.3 Å². The van der Waals surface area contributed by atoms with E-state index in [1.807, 2.05) is 35.0 Å². The molecule has 37 heavy (non-hydrogen) atoms. The van der Waals surface area contributed by atoms with E-state index in [0.29, 0.717) is 6.42 Å². The first-order chi connectivity index (χ1) is 18.3. The summed E-state index contributed by atoms with van der Waals surface area (Å²) in [5, 5.41) is 21.6. The van der Waals surface area contributed by atoms with Crippen LogP contribution >= 0.6 is 22.7 Å². The molecule has 0 spiro atoms. The minimum Gasteiger partial charge on any atom is -0.391 e. The van der Waals surface area contributed by atoms with Crippen LogP contribution < -0.4 is 0 Å². The molecule has 0 aliphatic heterocycles. The second-order valence-corrected chi connectivity index (χ2v) is 10.4. The molecule has 0 unspecified atom stereocenters. The van der Waals surface area contributed by atoms with E-state index in [0.717, 1.165) is 59.4 Å². The molecule has 0 bridgehead atoms. The minimum atomic E-state index is 0.111. The number of benzene rings is 2. The Balaban J connectivity index is 0.000000206. The van der Waals surface area contributed by atoms with Gasteiger partial charge in [0.05, 0.1) is 19.1 Å². The van der Waals surface area contributed by atoms with E-state index in [-0.39, 0.29) is 6.61 Å². The highest BCUT2D eigenvalue weighted by Gasteiger charge is 1.96. The number of unbranched alkanes of at least 4 members (excludes halogenated alkanes) is 2. The molecular weight excluding hydrogens is 491 g/mol. The summed E-state index contributed by atoms with van der Waals surface area (Å²) < 4.78 is 0. The molecule has 0 atom stereocenters. The predicted octanol–water partition coefficient (Wildman–Crippen LogP) is 7.80. The molecule has 4 heteroatoms. The molecule has 186 valence electrons. The van der Waals surface area contributed by atoms with Crippen LogP contribution in [0.4, 0.5) is 0 Å². The average molecular weight is 522 g/mol. The predicted molar refractivity (Wildman–Crippen MR) is 156 cm³/mol. The number of thiophene rings is 2. The van der Waals surface area contributed by atoms with Crippen molar-refractivity contribution in [1.29, 1.82) is 5.26 Å². The molecule has 0 amide bonds. The van der Waals surface area contributed by atoms with Crippen LogP contribution in [-0.2, 0) is 25.9 Å². The Morgan fingerprint density at radius 2 is 1.16 bits per heavy atom. The zero-order valence-corrected chi connectivity index (χ0v) is 22.6. The molecule has 0 aliphatic rings. The van der Waals surface area contributed by atoms with Crippen molar-refractivity contribution in [2.24, 2.45) is 0 Å². The number of hydrogen-bond donors (Lipinski definition) is 1. The monoisotopic (exact) mass is 521 g/mol. The number of nitriles is 1. The van der Waals surface area contributed by atoms with E-state index in [4.69, 9.17) is 10.4 Å². The second-order valence-electron chi connectivity index (χ2n) is 8.38. The lowest BCUT2D eigenvalue weighted by atomic mass is 10.1. The van der Waals surface area contributed by atoms with Gasteiger partial charge in [-0.25, -0.2) is 0 Å². The molecule has 0 saturated carbocycles. The third-order valence-corrected chi connectivity index (χ3v) is 7.26. The molecule has 2 aromatic heterocycles. The third-order valence-electron chi connectivity index (χ3n) is 5.40. The molecule has 4 rings (SSSR count). The lowest BCUT2D eigenvalue weighted by molar-refractivity contribution is 0.285. The summed E-state index contributed by atoms with van der Waals surface area (Å²) in [6.45, 7) is 0.111. The maximum Gasteiger partial charge on any atom is 0.0774 e. The minimum absolute atomic E-state index is 0.111. The van der Waals surface area contributed by atoms with Gasteiger partial charge in [-0.15, -0.1) is 22.7 Å². The van der Waals surface area contributed by atoms with Gasteiger partial charge in [-0.3, -0.25) is 0 Å². The lowest BCUT2D eigenvalue weighted by Crippen LogP contribution is -1.83. The molecule has 0 radical (unpaired) electrons. The number of aliphatic hydroxyl groups excluding tert-OH is 1. The van der Waals surface area contributed by atoms with Gasteiger partial charge in [0.2, 0.25) is 0 Å². The smallest absolute Gasteiger partial charge is 0.0774 e. The first-order valence-electron chi connectivity index (χ1n) is 12.4. The SMILES string of the molecule is N#CCc1cc(C#CCCCc2ccccc2)cs1.OCc1cc(C#CCCCc2ccccc2)cs1. The van der Waals surface area contributed by atoms with Crippen LogP contribution in [-0.4, -0.2) is 5.11 Å². The maximum atomic E-state index is 8.95. The number of aliphatic hydroxyl groups is 1. The van der Waals surface area contributed by atoms with E-state index in [1.165, 1.54) is 11.1 Å². The standard InChI is InChI=1S/C17H15NS.C16H16OS/c18-12-11-17-13-16(14-19-17)10-6-2-5-9-15-7-3-1-4-8-15;17-12-16-11-15(13-18-16)10-6-2-5-9-14-7-3-1-4-8-14/h1,3-4,7-8,13-14H,2,5,9,11H2;1,3-4,7-8,11,13,17H,2,5,9,12H2. The summed E-state index contributed by atoms with van der Waals surface area (Å²) in [6.07, 6.45) is 6.66. The maximum absolute atomic E-state index is 8.95. The van der Waals surface area contributed by atoms with Crippen LogP contribution in [0, 0.1) is 35.0 Å². The molecule has 0 aliphatic carbocycles. The van der Waals surface area contributed by atoms with Crippen LogP contribution in [0.1, 0.15) is 57.7 Å². The summed E-state index contributed by atoms with van der Waals surface area (Å²) >= 11 is 3.17. The average Bonchev–Trinajstić information content (AvgIpc) is 3.59. The van der Waals surface area contributed by atoms with Crippen LogP contribution in [0.2, 0.25) is 0 Å². The van der Waals surface area contributed by atoms with Crippen molar-refractivity contribution in [3.8, 4) is 29.8 Å². The van der Waals surface area contributed by atoms with Gasteiger partial charge >= 0.3 is 0 Å². The fraction of sp³-hybridized carbons (Fsp3) is 0.242. The molecule has 0 saturated heterocycles. The fourth-order valence-electron chi connectivity index (χ4n) is 3.53. The normalized spacial score (nSPS) is 9.62. The quantitative estimate of drug-likeness (QED) is 0.190. The molecule has 2 aromatic carbocycles. The van der Waals surface area contributed by atoms with Crippen molar-refractivity contribution in [2.75, 3.05) is 0 Å². The molecule has 1 N–H and O–H groups in total. The Hall–Kier alpha value is -3.59. The fourth-order valence-corrected chi connectivity index (χ4v) is 4.95. The Labute approximate surface area is 229 Å². The van der Waals surface area contributed by atoms with Gasteiger partial charge in [-0.2, -0.15) is 5.26 Å². The highest BCUT2D eigenvalue weighted by atomic mass is 32.1. The van der Waals surface area contributed by atoms with E-state index in [9.17, 15) is 0 Å². The van der Waals surface area contributed by atoms with E-state index in [2.05, 4.69) is 78.3 Å². The second kappa shape index (κ2) is 17.0. The Bertz CT molecular complexity index is 1360. The van der Waals surface area contributed by atoms with Crippen LogP contribution in [0.25, 0.3) is 0 Å². The molecule has 2 nitrogen and oxygen atoms in total. The van der Waals surface area contributed by atoms with Crippen molar-refractivity contribution >= 4 is 22.7 Å². The van der Waals surface area contributed by atoms with Crippen molar-refractivity contribution in [3.63, 3.8) is 0 Å². The van der Waals surface area contributed by atoms with Crippen molar-refractivity contribution in [2.45, 2.75) is 51.6 Å². The number of nitrogens with zero attached hydrogens (tertiary/aromatic N) is 1. The van der Waals surface area contributed by atoms with Gasteiger partial charge in [0.15, 0.2) is 0 Å². The Morgan fingerprint density at radius 1 is 0.676 bits per heavy atom. The zero-order chi connectivity index (χ0) is 26.0. The van der Waals surface area contributed by atoms with Crippen molar-refractivity contribution < 1.29 is 5.11 Å². The van der Waals surface area contributed by atoms with E-state index in [1.54, 1.807) is 22.7 Å². The lowest BCUT2D eigenvalue weighted by Gasteiger charge is -1.96. The van der Waals surface area contributed by atoms with Gasteiger partial charge in [-0.05, 0) is 48.9 Å². The first-order valence-corrected chi connectivity index (χ1v) is 14.2. The summed E-state index contributed by atoms with van der Waals surface area (Å²) in [5.74, 6) is 12.7. The van der Waals surface area contributed by atoms with Crippen LogP contribution in [0.15, 0.2) is 83.6 Å². The van der Waals surface area contributed by atoms with Crippen molar-refractivity contribution in [3.05, 3.63) is 116 Å². The number of rotatable bonds is 8. The highest BCUT2D eigenvalue weighted by molar-refractivity contribution is 7.10. The molecule has 2 heterocycles. The first kappa shape index (κ1) is 28.0. The summed E-state index contributed by atoms with van der Waals surface area (Å²) in [6, 6.07) is 27.1. The van der Waals surface area contributed by atoms with Gasteiger partial charge in [0.25, 0.3) is 0 Å². The van der Waals surface area contributed by atoms with E-state index < -0.39 is 0 Å². The zero-order valence-electron chi connectivity index (χ0n) is 21.0.